The minimum absolute atomic E-state index is 1.13. The Hall–Kier alpha value is -2.27. The lowest BCUT2D eigenvalue weighted by molar-refractivity contribution is -0.872. The molecule has 1 aromatic carbocycles. The van der Waals surface area contributed by atoms with E-state index < -0.39 is 0 Å². The van der Waals surface area contributed by atoms with Crippen molar-refractivity contribution in [2.75, 3.05) is 0 Å². The van der Waals surface area contributed by atoms with Crippen LogP contribution in [0, 0.1) is 12.5 Å². The third-order valence-electron chi connectivity index (χ3n) is 2.07. The molecule has 0 N–H and O–H groups in total. The van der Waals surface area contributed by atoms with Crippen LogP contribution < -0.4 is 9.57 Å². The number of hydrogen-bond acceptors (Lipinski definition) is 1. The van der Waals surface area contributed by atoms with Crippen molar-refractivity contribution in [1.82, 2.24) is 0 Å². The van der Waals surface area contributed by atoms with E-state index in [0.717, 1.165) is 5.56 Å². The Morgan fingerprint density at radius 2 is 1.53 bits per heavy atom. The summed E-state index contributed by atoms with van der Waals surface area (Å²) in [5.74, 6) is 0. The maximum Gasteiger partial charge on any atom is 0.224 e. The highest BCUT2D eigenvalue weighted by molar-refractivity contribution is 5.61. The van der Waals surface area contributed by atoms with E-state index >= 15 is 0 Å². The molecule has 0 atom stereocenters. The van der Waals surface area contributed by atoms with E-state index in [1.54, 1.807) is 12.4 Å². The smallest absolute Gasteiger partial charge is 0.177 e. The van der Waals surface area contributed by atoms with Crippen LogP contribution in [0.1, 0.15) is 0 Å². The molecular weight excluding hydrogens is 186 g/mol. The van der Waals surface area contributed by atoms with Crippen LogP contribution >= 0.6 is 0 Å². The molecule has 0 saturated carbocycles. The highest BCUT2D eigenvalue weighted by atomic mass is 16.6. The normalized spacial score (nSPS) is 9.27. The monoisotopic (exact) mass is 196 g/mol. The molecule has 0 bridgehead atoms. The Morgan fingerprint density at radius 1 is 0.933 bits per heavy atom. The number of hydrogen-bond donors (Lipinski definition) is 0. The molecule has 0 fully saturated rings. The highest BCUT2D eigenvalue weighted by Crippen LogP contribution is 2.16. The summed E-state index contributed by atoms with van der Waals surface area (Å²) in [4.78, 5) is 4.84. The van der Waals surface area contributed by atoms with Crippen molar-refractivity contribution in [3.05, 3.63) is 54.9 Å². The van der Waals surface area contributed by atoms with Crippen LogP contribution in [0.2, 0.25) is 0 Å². The van der Waals surface area contributed by atoms with Crippen molar-refractivity contribution in [3.8, 4) is 23.7 Å². The minimum Gasteiger partial charge on any atom is -0.177 e. The van der Waals surface area contributed by atoms with Crippen molar-refractivity contribution in [3.63, 3.8) is 0 Å². The highest BCUT2D eigenvalue weighted by Gasteiger charge is 2.01. The number of nitrogens with zero attached hydrogens (tertiary/aromatic N) is 1. The molecule has 1 aromatic heterocycles. The van der Waals surface area contributed by atoms with Gasteiger partial charge in [0.2, 0.25) is 12.4 Å². The molecule has 0 aliphatic heterocycles. The fourth-order valence-corrected chi connectivity index (χ4v) is 1.36. The van der Waals surface area contributed by atoms with Crippen LogP contribution in [0.4, 0.5) is 0 Å². The van der Waals surface area contributed by atoms with E-state index in [4.69, 9.17) is 11.3 Å². The van der Waals surface area contributed by atoms with E-state index in [0.29, 0.717) is 0 Å². The maximum atomic E-state index is 5.02. The van der Waals surface area contributed by atoms with Crippen LogP contribution in [-0.2, 0) is 0 Å². The fraction of sp³-hybridized carbons (Fsp3) is 0. The molecule has 0 aliphatic rings. The molecule has 0 radical (unpaired) electrons. The van der Waals surface area contributed by atoms with Crippen molar-refractivity contribution < 1.29 is 9.57 Å². The number of aromatic nitrogens is 1. The predicted molar refractivity (Wildman–Crippen MR) is 57.5 cm³/mol. The summed E-state index contributed by atoms with van der Waals surface area (Å²) in [6, 6.07) is 14.0. The average molecular weight is 196 g/mol. The van der Waals surface area contributed by atoms with Gasteiger partial charge in [0, 0.05) is 16.9 Å². The number of rotatable bonds is 2. The molecular formula is C13H10NO+. The molecule has 2 rings (SSSR count). The van der Waals surface area contributed by atoms with Gasteiger partial charge in [-0.2, -0.15) is 4.84 Å². The molecule has 0 unspecified atom stereocenters. The molecule has 15 heavy (non-hydrogen) atoms. The molecule has 72 valence electrons. The molecule has 0 amide bonds. The SMILES string of the molecule is C#CO[n+]1ccc(-c2ccccc2)cc1. The molecule has 2 aromatic rings. The van der Waals surface area contributed by atoms with Crippen molar-refractivity contribution in [2.45, 2.75) is 0 Å². The lowest BCUT2D eigenvalue weighted by atomic mass is 10.1. The van der Waals surface area contributed by atoms with Gasteiger partial charge in [-0.15, -0.1) is 0 Å². The van der Waals surface area contributed by atoms with Gasteiger partial charge in [-0.25, -0.2) is 0 Å². The second-order valence-corrected chi connectivity index (χ2v) is 3.02. The summed E-state index contributed by atoms with van der Waals surface area (Å²) >= 11 is 0. The summed E-state index contributed by atoms with van der Waals surface area (Å²) in [5.41, 5.74) is 2.30. The van der Waals surface area contributed by atoms with E-state index in [1.807, 2.05) is 30.3 Å². The first-order valence-corrected chi connectivity index (χ1v) is 4.60. The zero-order valence-electron chi connectivity index (χ0n) is 8.13. The molecule has 0 aliphatic carbocycles. The largest absolute Gasteiger partial charge is 0.224 e. The Labute approximate surface area is 88.7 Å². The van der Waals surface area contributed by atoms with Crippen LogP contribution in [-0.4, -0.2) is 0 Å². The third kappa shape index (κ3) is 2.15. The first-order chi connectivity index (χ1) is 7.40. The Bertz CT molecular complexity index is 468. The molecule has 2 nitrogen and oxygen atoms in total. The lowest BCUT2D eigenvalue weighted by Crippen LogP contribution is -2.38. The van der Waals surface area contributed by atoms with Gasteiger partial charge in [-0.1, -0.05) is 36.8 Å². The molecule has 1 heterocycles. The summed E-state index contributed by atoms with van der Waals surface area (Å²) in [6.07, 6.45) is 10.7. The number of terminal acetylenes is 1. The third-order valence-corrected chi connectivity index (χ3v) is 2.07. The summed E-state index contributed by atoms with van der Waals surface area (Å²) in [5, 5.41) is 0. The minimum atomic E-state index is 1.13. The summed E-state index contributed by atoms with van der Waals surface area (Å²) < 4.78 is 1.48. The topological polar surface area (TPSA) is 13.1 Å². The quantitative estimate of drug-likeness (QED) is 0.526. The van der Waals surface area contributed by atoms with Gasteiger partial charge in [0.25, 0.3) is 0 Å². The van der Waals surface area contributed by atoms with Crippen molar-refractivity contribution in [2.24, 2.45) is 0 Å². The standard InChI is InChI=1S/C13H10NO/c1-2-15-14-10-8-13(9-11-14)12-6-4-3-5-7-12/h1,3-11H/q+1. The van der Waals surface area contributed by atoms with E-state index in [2.05, 4.69) is 18.2 Å². The van der Waals surface area contributed by atoms with Gasteiger partial charge in [0.15, 0.2) is 6.11 Å². The fourth-order valence-electron chi connectivity index (χ4n) is 1.36. The second kappa shape index (κ2) is 4.30. The zero-order chi connectivity index (χ0) is 10.5. The maximum absolute atomic E-state index is 5.02. The van der Waals surface area contributed by atoms with Crippen LogP contribution in [0.15, 0.2) is 54.9 Å². The summed E-state index contributed by atoms with van der Waals surface area (Å²) in [6.45, 7) is 0. The molecule has 2 heteroatoms. The Balaban J connectivity index is 2.29. The zero-order valence-corrected chi connectivity index (χ0v) is 8.13. The van der Waals surface area contributed by atoms with E-state index in [-0.39, 0.29) is 0 Å². The van der Waals surface area contributed by atoms with Crippen molar-refractivity contribution >= 4 is 0 Å². The number of pyridine rings is 1. The van der Waals surface area contributed by atoms with E-state index in [9.17, 15) is 0 Å². The molecule has 0 spiro atoms. The predicted octanol–water partition coefficient (Wildman–Crippen LogP) is 1.66. The Kier molecular flexibility index (Phi) is 2.66. The van der Waals surface area contributed by atoms with Crippen LogP contribution in [0.3, 0.4) is 0 Å². The molecule has 0 saturated heterocycles. The van der Waals surface area contributed by atoms with Crippen LogP contribution in [0.25, 0.3) is 11.1 Å². The van der Waals surface area contributed by atoms with Gasteiger partial charge < -0.3 is 0 Å². The second-order valence-electron chi connectivity index (χ2n) is 3.02. The lowest BCUT2D eigenvalue weighted by Gasteiger charge is -1.97. The van der Waals surface area contributed by atoms with Gasteiger partial charge in [-0.3, -0.25) is 0 Å². The first-order valence-electron chi connectivity index (χ1n) is 4.60. The van der Waals surface area contributed by atoms with Gasteiger partial charge in [0.1, 0.15) is 0 Å². The van der Waals surface area contributed by atoms with Gasteiger partial charge in [0.05, 0.1) is 0 Å². The van der Waals surface area contributed by atoms with Gasteiger partial charge >= 0.3 is 0 Å². The summed E-state index contributed by atoms with van der Waals surface area (Å²) in [7, 11) is 0. The van der Waals surface area contributed by atoms with Crippen molar-refractivity contribution in [1.29, 1.82) is 0 Å². The average Bonchev–Trinajstić information content (AvgIpc) is 2.32. The first kappa shape index (κ1) is 9.29. The van der Waals surface area contributed by atoms with E-state index in [1.165, 1.54) is 10.3 Å². The number of benzene rings is 1. The Morgan fingerprint density at radius 3 is 2.13 bits per heavy atom. The van der Waals surface area contributed by atoms with Crippen LogP contribution in [0.5, 0.6) is 0 Å². The van der Waals surface area contributed by atoms with Gasteiger partial charge in [-0.05, 0) is 11.1 Å².